The molecule has 1 N–H and O–H groups in total. The molecule has 7 heteroatoms. The van der Waals surface area contributed by atoms with Crippen molar-refractivity contribution in [3.63, 3.8) is 0 Å². The van der Waals surface area contributed by atoms with Gasteiger partial charge in [-0.25, -0.2) is 4.79 Å². The number of hydrogen-bond donors (Lipinski definition) is 1. The SMILES string of the molecule is COc1ccc(NC(=O)COC(=O)COc2ccc(C(=O)c3ccccc3)cc2)cc1. The van der Waals surface area contributed by atoms with E-state index in [1.165, 1.54) is 0 Å². The fraction of sp³-hybridized carbons (Fsp3) is 0.125. The van der Waals surface area contributed by atoms with E-state index in [0.29, 0.717) is 28.3 Å². The van der Waals surface area contributed by atoms with Gasteiger partial charge in [0.05, 0.1) is 7.11 Å². The number of amides is 1. The Kier molecular flexibility index (Phi) is 7.37. The molecule has 0 unspecified atom stereocenters. The summed E-state index contributed by atoms with van der Waals surface area (Å²) in [7, 11) is 1.55. The van der Waals surface area contributed by atoms with Crippen LogP contribution in [0.25, 0.3) is 0 Å². The van der Waals surface area contributed by atoms with Crippen LogP contribution in [0.2, 0.25) is 0 Å². The molecule has 0 aliphatic rings. The van der Waals surface area contributed by atoms with Crippen LogP contribution in [-0.2, 0) is 14.3 Å². The first-order valence-corrected chi connectivity index (χ1v) is 9.47. The Labute approximate surface area is 179 Å². The molecule has 0 heterocycles. The Morgan fingerprint density at radius 1 is 0.742 bits per heavy atom. The van der Waals surface area contributed by atoms with Gasteiger partial charge in [-0.15, -0.1) is 0 Å². The third-order valence-electron chi connectivity index (χ3n) is 4.25. The van der Waals surface area contributed by atoms with Crippen LogP contribution in [0.4, 0.5) is 5.69 Å². The predicted octanol–water partition coefficient (Wildman–Crippen LogP) is 3.49. The Balaban J connectivity index is 1.41. The molecule has 3 aromatic carbocycles. The normalized spacial score (nSPS) is 10.1. The maximum Gasteiger partial charge on any atom is 0.344 e. The molecule has 31 heavy (non-hydrogen) atoms. The lowest BCUT2D eigenvalue weighted by molar-refractivity contribution is -0.149. The van der Waals surface area contributed by atoms with Crippen LogP contribution in [0.5, 0.6) is 11.5 Å². The van der Waals surface area contributed by atoms with Gasteiger partial charge in [0, 0.05) is 16.8 Å². The topological polar surface area (TPSA) is 90.9 Å². The summed E-state index contributed by atoms with van der Waals surface area (Å²) in [5.74, 6) is -0.186. The zero-order valence-electron chi connectivity index (χ0n) is 16.9. The van der Waals surface area contributed by atoms with Gasteiger partial charge in [-0.05, 0) is 48.5 Å². The number of carbonyl (C=O) groups is 3. The molecule has 0 aromatic heterocycles. The lowest BCUT2D eigenvalue weighted by atomic mass is 10.0. The van der Waals surface area contributed by atoms with Crippen LogP contribution < -0.4 is 14.8 Å². The largest absolute Gasteiger partial charge is 0.497 e. The van der Waals surface area contributed by atoms with Crippen molar-refractivity contribution in [1.82, 2.24) is 0 Å². The van der Waals surface area contributed by atoms with Crippen molar-refractivity contribution in [2.24, 2.45) is 0 Å². The first kappa shape index (κ1) is 21.6. The zero-order chi connectivity index (χ0) is 22.1. The molecule has 3 aromatic rings. The number of ketones is 1. The minimum Gasteiger partial charge on any atom is -0.497 e. The van der Waals surface area contributed by atoms with Gasteiger partial charge in [0.2, 0.25) is 0 Å². The van der Waals surface area contributed by atoms with Crippen LogP contribution in [0.1, 0.15) is 15.9 Å². The molecule has 0 atom stereocenters. The molecule has 7 nitrogen and oxygen atoms in total. The van der Waals surface area contributed by atoms with Crippen molar-refractivity contribution >= 4 is 23.3 Å². The van der Waals surface area contributed by atoms with E-state index >= 15 is 0 Å². The highest BCUT2D eigenvalue weighted by Crippen LogP contribution is 2.16. The Morgan fingerprint density at radius 2 is 1.35 bits per heavy atom. The minimum atomic E-state index is -0.686. The molecule has 0 saturated carbocycles. The van der Waals surface area contributed by atoms with Crippen LogP contribution in [0, 0.1) is 0 Å². The van der Waals surface area contributed by atoms with E-state index in [1.54, 1.807) is 79.9 Å². The average Bonchev–Trinajstić information content (AvgIpc) is 2.82. The second-order valence-electron chi connectivity index (χ2n) is 6.45. The fourth-order valence-corrected chi connectivity index (χ4v) is 2.66. The van der Waals surface area contributed by atoms with Gasteiger partial charge in [0.1, 0.15) is 11.5 Å². The number of nitrogens with one attached hydrogen (secondary N) is 1. The van der Waals surface area contributed by atoms with E-state index in [2.05, 4.69) is 5.32 Å². The quantitative estimate of drug-likeness (QED) is 0.422. The molecule has 0 aliphatic heterocycles. The van der Waals surface area contributed by atoms with Gasteiger partial charge in [-0.2, -0.15) is 0 Å². The average molecular weight is 419 g/mol. The molecular formula is C24H21NO6. The number of rotatable bonds is 9. The van der Waals surface area contributed by atoms with Crippen LogP contribution in [0.3, 0.4) is 0 Å². The predicted molar refractivity (Wildman–Crippen MR) is 114 cm³/mol. The lowest BCUT2D eigenvalue weighted by Gasteiger charge is -2.09. The third kappa shape index (κ3) is 6.43. The summed E-state index contributed by atoms with van der Waals surface area (Å²) in [4.78, 5) is 36.1. The molecule has 0 fully saturated rings. The molecule has 0 saturated heterocycles. The summed E-state index contributed by atoms with van der Waals surface area (Å²) in [6, 6.07) is 22.1. The van der Waals surface area contributed by atoms with E-state index < -0.39 is 18.5 Å². The molecule has 0 aliphatic carbocycles. The second kappa shape index (κ2) is 10.6. The Morgan fingerprint density at radius 3 is 2.00 bits per heavy atom. The van der Waals surface area contributed by atoms with E-state index in [4.69, 9.17) is 14.2 Å². The Bertz CT molecular complexity index is 1030. The van der Waals surface area contributed by atoms with Gasteiger partial charge in [-0.1, -0.05) is 30.3 Å². The molecule has 0 radical (unpaired) electrons. The van der Waals surface area contributed by atoms with Crippen molar-refractivity contribution in [3.8, 4) is 11.5 Å². The van der Waals surface area contributed by atoms with Gasteiger partial charge < -0.3 is 19.5 Å². The number of carbonyl (C=O) groups excluding carboxylic acids is 3. The molecule has 0 bridgehead atoms. The number of esters is 1. The van der Waals surface area contributed by atoms with Gasteiger partial charge in [-0.3, -0.25) is 9.59 Å². The molecule has 158 valence electrons. The maximum absolute atomic E-state index is 12.4. The number of ether oxygens (including phenoxy) is 3. The lowest BCUT2D eigenvalue weighted by Crippen LogP contribution is -2.23. The summed E-state index contributed by atoms with van der Waals surface area (Å²) < 4.78 is 15.3. The number of methoxy groups -OCH3 is 1. The summed E-state index contributed by atoms with van der Waals surface area (Å²) in [6.07, 6.45) is 0. The van der Waals surface area contributed by atoms with Gasteiger partial charge in [0.15, 0.2) is 19.0 Å². The zero-order valence-corrected chi connectivity index (χ0v) is 16.9. The summed E-state index contributed by atoms with van der Waals surface area (Å²) in [5, 5.41) is 2.61. The molecular weight excluding hydrogens is 398 g/mol. The van der Waals surface area contributed by atoms with Crippen LogP contribution in [0.15, 0.2) is 78.9 Å². The Hall–Kier alpha value is -4.13. The molecule has 0 spiro atoms. The van der Waals surface area contributed by atoms with Gasteiger partial charge in [0.25, 0.3) is 5.91 Å². The van der Waals surface area contributed by atoms with Crippen molar-refractivity contribution in [1.29, 1.82) is 0 Å². The first-order valence-electron chi connectivity index (χ1n) is 9.47. The summed E-state index contributed by atoms with van der Waals surface area (Å²) in [6.45, 7) is -0.791. The van der Waals surface area contributed by atoms with E-state index in [1.807, 2.05) is 6.07 Å². The number of anilines is 1. The molecule has 1 amide bonds. The second-order valence-corrected chi connectivity index (χ2v) is 6.45. The summed E-state index contributed by atoms with van der Waals surface area (Å²) in [5.41, 5.74) is 1.66. The van der Waals surface area contributed by atoms with Crippen LogP contribution in [-0.4, -0.2) is 38.0 Å². The highest BCUT2D eigenvalue weighted by atomic mass is 16.6. The van der Waals surface area contributed by atoms with Crippen molar-refractivity contribution in [2.75, 3.05) is 25.6 Å². The fourth-order valence-electron chi connectivity index (χ4n) is 2.66. The van der Waals surface area contributed by atoms with E-state index in [9.17, 15) is 14.4 Å². The van der Waals surface area contributed by atoms with Crippen LogP contribution >= 0.6 is 0 Å². The van der Waals surface area contributed by atoms with E-state index in [-0.39, 0.29) is 12.4 Å². The maximum atomic E-state index is 12.4. The highest BCUT2D eigenvalue weighted by Gasteiger charge is 2.11. The van der Waals surface area contributed by atoms with E-state index in [0.717, 1.165) is 0 Å². The first-order chi connectivity index (χ1) is 15.0. The summed E-state index contributed by atoms with van der Waals surface area (Å²) >= 11 is 0. The van der Waals surface area contributed by atoms with Gasteiger partial charge >= 0.3 is 5.97 Å². The minimum absolute atomic E-state index is 0.102. The number of hydrogen-bond acceptors (Lipinski definition) is 6. The number of benzene rings is 3. The van der Waals surface area contributed by atoms with Crippen molar-refractivity contribution in [3.05, 3.63) is 90.0 Å². The highest BCUT2D eigenvalue weighted by molar-refractivity contribution is 6.09. The molecule has 3 rings (SSSR count). The smallest absolute Gasteiger partial charge is 0.344 e. The monoisotopic (exact) mass is 419 g/mol. The van der Waals surface area contributed by atoms with Crippen molar-refractivity contribution < 1.29 is 28.6 Å². The third-order valence-corrected chi connectivity index (χ3v) is 4.25. The van der Waals surface area contributed by atoms with Crippen molar-refractivity contribution in [2.45, 2.75) is 0 Å². The standard InChI is InChI=1S/C24H21NO6/c1-29-20-13-9-19(10-14-20)25-22(26)15-31-23(27)16-30-21-11-7-18(8-12-21)24(28)17-5-3-2-4-6-17/h2-14H,15-16H2,1H3,(H,25,26).